The number of hydrogen-bond donors (Lipinski definition) is 2. The number of ether oxygens (including phenoxy) is 3. The van der Waals surface area contributed by atoms with E-state index >= 15 is 0 Å². The molecule has 10 heteroatoms. The molecule has 0 aromatic heterocycles. The SMILES string of the molecule is CCOC(=O)C1=C(C(C)C)NC(=O)NC1c1cc(OCC)c(OCC)c([N+](=O)[O-])c1. The van der Waals surface area contributed by atoms with Crippen molar-refractivity contribution < 1.29 is 28.7 Å². The van der Waals surface area contributed by atoms with Crippen LogP contribution in [0.4, 0.5) is 10.5 Å². The summed E-state index contributed by atoms with van der Waals surface area (Å²) in [5, 5.41) is 17.0. The Bertz CT molecular complexity index is 864. The molecule has 1 aromatic rings. The van der Waals surface area contributed by atoms with Gasteiger partial charge in [0.1, 0.15) is 0 Å². The lowest BCUT2D eigenvalue weighted by atomic mass is 9.91. The van der Waals surface area contributed by atoms with Gasteiger partial charge in [-0.25, -0.2) is 9.59 Å². The minimum atomic E-state index is -0.955. The summed E-state index contributed by atoms with van der Waals surface area (Å²) in [6, 6.07) is 1.34. The van der Waals surface area contributed by atoms with Gasteiger partial charge in [0.25, 0.3) is 0 Å². The first-order valence-corrected chi connectivity index (χ1v) is 9.81. The predicted molar refractivity (Wildman–Crippen MR) is 108 cm³/mol. The molecule has 2 amide bonds. The summed E-state index contributed by atoms with van der Waals surface area (Å²) in [5.41, 5.74) is 0.577. The standard InChI is InChI=1S/C20H27N3O7/c1-6-28-14-10-12(9-13(23(26)27)18(14)29-7-2)17-15(19(24)30-8-3)16(11(4)5)21-20(25)22-17/h9-11,17H,6-8H2,1-5H3,(H2,21,22,25). The Labute approximate surface area is 174 Å². The first-order valence-electron chi connectivity index (χ1n) is 9.81. The van der Waals surface area contributed by atoms with Crippen LogP contribution in [0.25, 0.3) is 0 Å². The van der Waals surface area contributed by atoms with Gasteiger partial charge in [-0.15, -0.1) is 0 Å². The number of nitrogens with zero attached hydrogens (tertiary/aromatic N) is 1. The highest BCUT2D eigenvalue weighted by Crippen LogP contribution is 2.42. The summed E-state index contributed by atoms with van der Waals surface area (Å²) in [4.78, 5) is 36.2. The smallest absolute Gasteiger partial charge is 0.338 e. The van der Waals surface area contributed by atoms with Crippen LogP contribution >= 0.6 is 0 Å². The molecule has 0 aliphatic carbocycles. The lowest BCUT2D eigenvalue weighted by Crippen LogP contribution is -2.47. The average molecular weight is 421 g/mol. The molecule has 1 aliphatic rings. The number of hydrogen-bond acceptors (Lipinski definition) is 7. The number of carbonyl (C=O) groups excluding carboxylic acids is 2. The zero-order valence-electron chi connectivity index (χ0n) is 17.7. The van der Waals surface area contributed by atoms with Gasteiger partial charge in [0, 0.05) is 11.8 Å². The quantitative estimate of drug-likeness (QED) is 0.356. The largest absolute Gasteiger partial charge is 0.490 e. The third-order valence-corrected chi connectivity index (χ3v) is 4.35. The summed E-state index contributed by atoms with van der Waals surface area (Å²) in [7, 11) is 0. The molecule has 0 saturated carbocycles. The molecule has 0 saturated heterocycles. The van der Waals surface area contributed by atoms with Gasteiger partial charge in [0.15, 0.2) is 5.75 Å². The van der Waals surface area contributed by atoms with Gasteiger partial charge >= 0.3 is 17.7 Å². The molecule has 1 unspecified atom stereocenters. The monoisotopic (exact) mass is 421 g/mol. The van der Waals surface area contributed by atoms with Gasteiger partial charge < -0.3 is 24.8 Å². The minimum absolute atomic E-state index is 0.000826. The Kier molecular flexibility index (Phi) is 7.62. The fourth-order valence-electron chi connectivity index (χ4n) is 3.19. The highest BCUT2D eigenvalue weighted by atomic mass is 16.6. The van der Waals surface area contributed by atoms with Crippen molar-refractivity contribution in [2.45, 2.75) is 40.7 Å². The van der Waals surface area contributed by atoms with Crippen LogP contribution in [-0.4, -0.2) is 36.7 Å². The third-order valence-electron chi connectivity index (χ3n) is 4.35. The van der Waals surface area contributed by atoms with Gasteiger partial charge in [0.05, 0.1) is 36.4 Å². The molecular weight excluding hydrogens is 394 g/mol. The number of nitrogens with one attached hydrogen (secondary N) is 2. The molecule has 2 N–H and O–H groups in total. The number of amides is 2. The summed E-state index contributed by atoms with van der Waals surface area (Å²) >= 11 is 0. The molecule has 2 rings (SSSR count). The second-order valence-corrected chi connectivity index (χ2v) is 6.72. The Hall–Kier alpha value is -3.30. The Morgan fingerprint density at radius 3 is 2.37 bits per heavy atom. The van der Waals surface area contributed by atoms with E-state index in [2.05, 4.69) is 10.6 Å². The maximum atomic E-state index is 12.7. The molecule has 1 atom stereocenters. The van der Waals surface area contributed by atoms with Gasteiger partial charge in [-0.05, 0) is 38.3 Å². The van der Waals surface area contributed by atoms with Gasteiger partial charge in [-0.2, -0.15) is 0 Å². The molecular formula is C20H27N3O7. The first-order chi connectivity index (χ1) is 14.2. The van der Waals surface area contributed by atoms with E-state index in [1.807, 2.05) is 13.8 Å². The van der Waals surface area contributed by atoms with Crippen molar-refractivity contribution in [3.8, 4) is 11.5 Å². The van der Waals surface area contributed by atoms with E-state index in [4.69, 9.17) is 14.2 Å². The van der Waals surface area contributed by atoms with E-state index in [0.717, 1.165) is 0 Å². The summed E-state index contributed by atoms with van der Waals surface area (Å²) in [6.07, 6.45) is 0. The van der Waals surface area contributed by atoms with Crippen molar-refractivity contribution in [3.63, 3.8) is 0 Å². The van der Waals surface area contributed by atoms with Crippen molar-refractivity contribution >= 4 is 17.7 Å². The van der Waals surface area contributed by atoms with Crippen molar-refractivity contribution in [2.75, 3.05) is 19.8 Å². The summed E-state index contributed by atoms with van der Waals surface area (Å²) in [6.45, 7) is 9.35. The molecule has 0 fully saturated rings. The molecule has 1 aromatic carbocycles. The van der Waals surface area contributed by atoms with Crippen LogP contribution in [-0.2, 0) is 9.53 Å². The van der Waals surface area contributed by atoms with Crippen molar-refractivity contribution in [1.82, 2.24) is 10.6 Å². The normalized spacial score (nSPS) is 16.1. The molecule has 0 radical (unpaired) electrons. The van der Waals surface area contributed by atoms with E-state index < -0.39 is 23.0 Å². The lowest BCUT2D eigenvalue weighted by molar-refractivity contribution is -0.386. The summed E-state index contributed by atoms with van der Waals surface area (Å²) in [5.74, 6) is -0.653. The van der Waals surface area contributed by atoms with Crippen LogP contribution in [0.15, 0.2) is 23.4 Å². The maximum absolute atomic E-state index is 12.7. The highest BCUT2D eigenvalue weighted by Gasteiger charge is 2.36. The molecule has 30 heavy (non-hydrogen) atoms. The topological polar surface area (TPSA) is 129 Å². The Morgan fingerprint density at radius 2 is 1.83 bits per heavy atom. The zero-order chi connectivity index (χ0) is 22.4. The van der Waals surface area contributed by atoms with Crippen LogP contribution in [0.3, 0.4) is 0 Å². The average Bonchev–Trinajstić information content (AvgIpc) is 2.68. The van der Waals surface area contributed by atoms with Crippen LogP contribution in [0.5, 0.6) is 11.5 Å². The van der Waals surface area contributed by atoms with E-state index in [1.165, 1.54) is 12.1 Å². The van der Waals surface area contributed by atoms with Crippen LogP contribution in [0.2, 0.25) is 0 Å². The van der Waals surface area contributed by atoms with Crippen molar-refractivity contribution in [1.29, 1.82) is 0 Å². The van der Waals surface area contributed by atoms with E-state index in [9.17, 15) is 19.7 Å². The molecule has 164 valence electrons. The number of benzene rings is 1. The van der Waals surface area contributed by atoms with Gasteiger partial charge in [-0.3, -0.25) is 10.1 Å². The Morgan fingerprint density at radius 1 is 1.17 bits per heavy atom. The fraction of sp³-hybridized carbons (Fsp3) is 0.500. The zero-order valence-corrected chi connectivity index (χ0v) is 17.7. The third kappa shape index (κ3) is 4.81. The van der Waals surface area contributed by atoms with Crippen LogP contribution in [0, 0.1) is 16.0 Å². The molecule has 1 aliphatic heterocycles. The minimum Gasteiger partial charge on any atom is -0.490 e. The van der Waals surface area contributed by atoms with E-state index in [-0.39, 0.29) is 48.5 Å². The van der Waals surface area contributed by atoms with Crippen LogP contribution in [0.1, 0.15) is 46.2 Å². The van der Waals surface area contributed by atoms with E-state index in [0.29, 0.717) is 11.3 Å². The number of carbonyl (C=O) groups is 2. The number of nitro groups is 1. The summed E-state index contributed by atoms with van der Waals surface area (Å²) < 4.78 is 16.2. The second-order valence-electron chi connectivity index (χ2n) is 6.72. The van der Waals surface area contributed by atoms with Crippen molar-refractivity contribution in [3.05, 3.63) is 39.1 Å². The first kappa shape index (κ1) is 23.0. The molecule has 0 bridgehead atoms. The fourth-order valence-corrected chi connectivity index (χ4v) is 3.19. The predicted octanol–water partition coefficient (Wildman–Crippen LogP) is 3.22. The second kappa shape index (κ2) is 9.95. The molecule has 10 nitrogen and oxygen atoms in total. The number of allylic oxidation sites excluding steroid dienone is 1. The number of rotatable bonds is 9. The number of nitro benzene ring substituents is 1. The van der Waals surface area contributed by atoms with E-state index in [1.54, 1.807) is 20.8 Å². The van der Waals surface area contributed by atoms with Gasteiger partial charge in [0.2, 0.25) is 5.75 Å². The van der Waals surface area contributed by atoms with Crippen molar-refractivity contribution in [2.24, 2.45) is 5.92 Å². The number of esters is 1. The molecule has 0 spiro atoms. The van der Waals surface area contributed by atoms with Crippen LogP contribution < -0.4 is 20.1 Å². The highest BCUT2D eigenvalue weighted by molar-refractivity contribution is 5.95. The van der Waals surface area contributed by atoms with Gasteiger partial charge in [-0.1, -0.05) is 13.8 Å². The number of urea groups is 1. The lowest BCUT2D eigenvalue weighted by Gasteiger charge is -2.31. The Balaban J connectivity index is 2.74. The molecule has 1 heterocycles. The maximum Gasteiger partial charge on any atom is 0.338 e.